The Bertz CT molecular complexity index is 1190. The van der Waals surface area contributed by atoms with Crippen LogP contribution in [0.1, 0.15) is 36.5 Å². The number of rotatable bonds is 8. The Labute approximate surface area is 180 Å². The van der Waals surface area contributed by atoms with Gasteiger partial charge in [-0.1, -0.05) is 24.8 Å². The molecule has 1 aliphatic rings. The molecule has 1 aliphatic carbocycles. The maximum absolute atomic E-state index is 11.3. The second-order valence-electron chi connectivity index (χ2n) is 7.54. The molecule has 160 valence electrons. The van der Waals surface area contributed by atoms with E-state index in [0.29, 0.717) is 36.5 Å². The van der Waals surface area contributed by atoms with E-state index < -0.39 is 10.0 Å². The molecule has 0 spiro atoms. The van der Waals surface area contributed by atoms with Gasteiger partial charge in [0.15, 0.2) is 22.1 Å². The van der Waals surface area contributed by atoms with E-state index in [0.717, 1.165) is 30.7 Å². The molecule has 2 aromatic heterocycles. The summed E-state index contributed by atoms with van der Waals surface area (Å²) in [5.74, 6) is 0.347. The second-order valence-corrected chi connectivity index (χ2v) is 10.4. The van der Waals surface area contributed by atoms with E-state index in [9.17, 15) is 8.42 Å². The fraction of sp³-hybridized carbons (Fsp3) is 0.450. The molecular weight excluding hydrogens is 420 g/mol. The highest BCUT2D eigenvalue weighted by molar-refractivity contribution is 7.99. The van der Waals surface area contributed by atoms with Crippen molar-refractivity contribution in [1.29, 1.82) is 0 Å². The summed E-state index contributed by atoms with van der Waals surface area (Å²) < 4.78 is 27.2. The first-order chi connectivity index (χ1) is 14.4. The molecule has 0 fully saturated rings. The third-order valence-corrected chi connectivity index (χ3v) is 7.13. The van der Waals surface area contributed by atoms with Gasteiger partial charge in [0.2, 0.25) is 10.0 Å². The first-order valence-electron chi connectivity index (χ1n) is 10.1. The fourth-order valence-electron chi connectivity index (χ4n) is 3.83. The van der Waals surface area contributed by atoms with Crippen molar-refractivity contribution in [1.82, 2.24) is 24.2 Å². The average Bonchev–Trinajstić information content (AvgIpc) is 3.29. The highest BCUT2D eigenvalue weighted by Crippen LogP contribution is 2.36. The van der Waals surface area contributed by atoms with E-state index in [1.807, 2.05) is 4.57 Å². The van der Waals surface area contributed by atoms with E-state index in [1.165, 1.54) is 34.3 Å². The summed E-state index contributed by atoms with van der Waals surface area (Å²) in [5.41, 5.74) is 11.5. The number of hydrogen-bond donors (Lipinski definition) is 2. The molecule has 0 atom stereocenters. The molecule has 0 unspecified atom stereocenters. The van der Waals surface area contributed by atoms with Gasteiger partial charge >= 0.3 is 0 Å². The van der Waals surface area contributed by atoms with Crippen molar-refractivity contribution in [2.75, 3.05) is 18.5 Å². The second kappa shape index (κ2) is 8.52. The van der Waals surface area contributed by atoms with Crippen LogP contribution < -0.4 is 10.5 Å². The zero-order valence-corrected chi connectivity index (χ0v) is 18.8. The topological polar surface area (TPSA) is 116 Å². The third kappa shape index (κ3) is 4.45. The lowest BCUT2D eigenvalue weighted by atomic mass is 10.0. The minimum Gasteiger partial charge on any atom is -0.382 e. The molecule has 4 rings (SSSR count). The van der Waals surface area contributed by atoms with Crippen molar-refractivity contribution in [3.63, 3.8) is 0 Å². The Balaban J connectivity index is 1.67. The van der Waals surface area contributed by atoms with Gasteiger partial charge in [-0.05, 0) is 54.9 Å². The lowest BCUT2D eigenvalue weighted by Crippen LogP contribution is -2.24. The molecule has 30 heavy (non-hydrogen) atoms. The third-order valence-electron chi connectivity index (χ3n) is 5.31. The normalized spacial score (nSPS) is 13.8. The van der Waals surface area contributed by atoms with Crippen LogP contribution in [-0.4, -0.2) is 40.7 Å². The first kappa shape index (κ1) is 21.1. The SMILES string of the molecule is CCc1cc2c(cc1Sc1nc3c(N)ncnc3n1CCCNS(C)(=O)=O)CCC2. The molecule has 10 heteroatoms. The van der Waals surface area contributed by atoms with E-state index in [4.69, 9.17) is 10.7 Å². The van der Waals surface area contributed by atoms with Gasteiger partial charge in [0.05, 0.1) is 6.26 Å². The molecule has 2 heterocycles. The predicted molar refractivity (Wildman–Crippen MR) is 119 cm³/mol. The Morgan fingerprint density at radius 1 is 1.23 bits per heavy atom. The van der Waals surface area contributed by atoms with E-state index >= 15 is 0 Å². The quantitative estimate of drug-likeness (QED) is 0.511. The minimum atomic E-state index is -3.21. The van der Waals surface area contributed by atoms with Gasteiger partial charge < -0.3 is 10.3 Å². The lowest BCUT2D eigenvalue weighted by Gasteiger charge is -2.12. The highest BCUT2D eigenvalue weighted by atomic mass is 32.2. The number of nitrogens with zero attached hydrogens (tertiary/aromatic N) is 4. The van der Waals surface area contributed by atoms with E-state index in [-0.39, 0.29) is 0 Å². The summed E-state index contributed by atoms with van der Waals surface area (Å²) >= 11 is 1.62. The standard InChI is InChI=1S/C20H26N6O2S2/c1-3-13-10-14-6-4-7-15(14)11-16(13)29-20-25-17-18(21)22-12-23-19(17)26(20)9-5-8-24-30(2,27)28/h10-12,24H,3-9H2,1-2H3,(H2,21,22,23). The molecule has 0 radical (unpaired) electrons. The summed E-state index contributed by atoms with van der Waals surface area (Å²) in [6.45, 7) is 3.09. The van der Waals surface area contributed by atoms with Gasteiger partial charge in [0, 0.05) is 18.0 Å². The number of anilines is 1. The molecule has 0 saturated heterocycles. The van der Waals surface area contributed by atoms with Gasteiger partial charge in [-0.25, -0.2) is 28.1 Å². The number of fused-ring (bicyclic) bond motifs is 2. The van der Waals surface area contributed by atoms with Crippen LogP contribution >= 0.6 is 11.8 Å². The highest BCUT2D eigenvalue weighted by Gasteiger charge is 2.19. The number of aryl methyl sites for hydroxylation is 4. The number of benzene rings is 1. The Kier molecular flexibility index (Phi) is 5.99. The number of hydrogen-bond acceptors (Lipinski definition) is 7. The predicted octanol–water partition coefficient (Wildman–Crippen LogP) is 2.55. The molecule has 0 aliphatic heterocycles. The van der Waals surface area contributed by atoms with Crippen molar-refractivity contribution in [3.8, 4) is 0 Å². The van der Waals surface area contributed by atoms with E-state index in [2.05, 4.69) is 33.7 Å². The van der Waals surface area contributed by atoms with Crippen LogP contribution in [0, 0.1) is 0 Å². The van der Waals surface area contributed by atoms with Gasteiger partial charge in [0.25, 0.3) is 0 Å². The Hall–Kier alpha value is -2.17. The summed E-state index contributed by atoms with van der Waals surface area (Å²) in [7, 11) is -3.21. The molecule has 3 aromatic rings. The Morgan fingerprint density at radius 3 is 2.73 bits per heavy atom. The van der Waals surface area contributed by atoms with Gasteiger partial charge in [-0.2, -0.15) is 0 Å². The van der Waals surface area contributed by atoms with Crippen LogP contribution in [0.4, 0.5) is 5.82 Å². The molecule has 3 N–H and O–H groups in total. The number of sulfonamides is 1. The summed E-state index contributed by atoms with van der Waals surface area (Å²) in [4.78, 5) is 14.4. The van der Waals surface area contributed by atoms with Crippen LogP contribution in [0.3, 0.4) is 0 Å². The van der Waals surface area contributed by atoms with Crippen LogP contribution in [0.25, 0.3) is 11.2 Å². The number of aromatic nitrogens is 4. The van der Waals surface area contributed by atoms with Crippen molar-refractivity contribution in [2.45, 2.75) is 55.6 Å². The summed E-state index contributed by atoms with van der Waals surface area (Å²) in [5, 5.41) is 0.796. The van der Waals surface area contributed by atoms with Crippen molar-refractivity contribution < 1.29 is 8.42 Å². The molecule has 1 aromatic carbocycles. The van der Waals surface area contributed by atoms with Crippen LogP contribution in [0.2, 0.25) is 0 Å². The number of nitrogens with one attached hydrogen (secondary N) is 1. The molecule has 8 nitrogen and oxygen atoms in total. The van der Waals surface area contributed by atoms with Crippen molar-refractivity contribution in [2.24, 2.45) is 0 Å². The molecule has 0 bridgehead atoms. The monoisotopic (exact) mass is 446 g/mol. The van der Waals surface area contributed by atoms with E-state index in [1.54, 1.807) is 11.8 Å². The average molecular weight is 447 g/mol. The van der Waals surface area contributed by atoms with Crippen molar-refractivity contribution in [3.05, 3.63) is 35.2 Å². The van der Waals surface area contributed by atoms with Crippen LogP contribution in [-0.2, 0) is 35.8 Å². The molecule has 0 amide bonds. The minimum absolute atomic E-state index is 0.347. The summed E-state index contributed by atoms with van der Waals surface area (Å²) in [6.07, 6.45) is 7.66. The zero-order valence-electron chi connectivity index (χ0n) is 17.2. The molecular formula is C20H26N6O2S2. The zero-order chi connectivity index (χ0) is 21.3. The summed E-state index contributed by atoms with van der Waals surface area (Å²) in [6, 6.07) is 4.64. The van der Waals surface area contributed by atoms with Gasteiger partial charge in [-0.3, -0.25) is 0 Å². The van der Waals surface area contributed by atoms with Crippen LogP contribution in [0.5, 0.6) is 0 Å². The lowest BCUT2D eigenvalue weighted by molar-refractivity contribution is 0.568. The van der Waals surface area contributed by atoms with Crippen molar-refractivity contribution >= 4 is 38.8 Å². The first-order valence-corrected chi connectivity index (χ1v) is 12.8. The maximum Gasteiger partial charge on any atom is 0.208 e. The largest absolute Gasteiger partial charge is 0.382 e. The molecule has 0 saturated carbocycles. The number of imidazole rings is 1. The maximum atomic E-state index is 11.3. The van der Waals surface area contributed by atoms with Gasteiger partial charge in [0.1, 0.15) is 6.33 Å². The smallest absolute Gasteiger partial charge is 0.208 e. The van der Waals surface area contributed by atoms with Crippen LogP contribution in [0.15, 0.2) is 28.5 Å². The Morgan fingerprint density at radius 2 is 2.00 bits per heavy atom. The van der Waals surface area contributed by atoms with Gasteiger partial charge in [-0.15, -0.1) is 0 Å². The fourth-order valence-corrected chi connectivity index (χ4v) is 5.50. The number of nitrogen functional groups attached to an aromatic ring is 1. The number of nitrogens with two attached hydrogens (primary N) is 1.